The zero-order valence-corrected chi connectivity index (χ0v) is 17.8. The Labute approximate surface area is 178 Å². The molecule has 1 aromatic heterocycles. The second-order valence-corrected chi connectivity index (χ2v) is 8.01. The van der Waals surface area contributed by atoms with Gasteiger partial charge in [0, 0.05) is 44.5 Å². The molecule has 1 aromatic carbocycles. The Balaban J connectivity index is 1.39. The van der Waals surface area contributed by atoms with E-state index >= 15 is 0 Å². The quantitative estimate of drug-likeness (QED) is 0.757. The van der Waals surface area contributed by atoms with Gasteiger partial charge in [0.15, 0.2) is 11.5 Å². The Morgan fingerprint density at radius 1 is 1.27 bits per heavy atom. The number of amides is 1. The number of rotatable bonds is 7. The smallest absolute Gasteiger partial charge is 0.257 e. The molecule has 2 aromatic rings. The van der Waals surface area contributed by atoms with Gasteiger partial charge in [0.05, 0.1) is 5.56 Å². The fourth-order valence-electron chi connectivity index (χ4n) is 4.19. The summed E-state index contributed by atoms with van der Waals surface area (Å²) < 4.78 is 10.9. The van der Waals surface area contributed by atoms with Crippen molar-refractivity contribution in [3.8, 4) is 11.5 Å². The summed E-state index contributed by atoms with van der Waals surface area (Å²) in [6.07, 6.45) is 4.12. The van der Waals surface area contributed by atoms with Crippen LogP contribution in [0.3, 0.4) is 0 Å². The maximum atomic E-state index is 13.0. The Morgan fingerprint density at radius 3 is 2.90 bits per heavy atom. The van der Waals surface area contributed by atoms with E-state index in [0.717, 1.165) is 50.3 Å². The van der Waals surface area contributed by atoms with Gasteiger partial charge in [-0.25, -0.2) is 0 Å². The van der Waals surface area contributed by atoms with E-state index in [1.165, 1.54) is 0 Å². The van der Waals surface area contributed by atoms with E-state index in [9.17, 15) is 4.79 Å². The Bertz CT molecular complexity index is 881. The molecule has 0 spiro atoms. The van der Waals surface area contributed by atoms with E-state index in [2.05, 4.69) is 21.3 Å². The average molecular weight is 411 g/mol. The van der Waals surface area contributed by atoms with Gasteiger partial charge in [-0.05, 0) is 62.8 Å². The number of nitrogens with one attached hydrogen (secondary N) is 1. The molecule has 0 radical (unpaired) electrons. The number of ether oxygens (including phenoxy) is 2. The molecule has 0 saturated carbocycles. The molecular weight excluding hydrogens is 380 g/mol. The van der Waals surface area contributed by atoms with Gasteiger partial charge in [-0.1, -0.05) is 6.07 Å². The predicted octanol–water partition coefficient (Wildman–Crippen LogP) is 2.48. The molecule has 2 aliphatic rings. The van der Waals surface area contributed by atoms with Gasteiger partial charge in [0.1, 0.15) is 0 Å². The monoisotopic (exact) mass is 410 g/mol. The molecule has 7 nitrogen and oxygen atoms in total. The zero-order chi connectivity index (χ0) is 20.9. The number of pyridine rings is 1. The van der Waals surface area contributed by atoms with Crippen LogP contribution < -0.4 is 14.8 Å². The molecule has 4 rings (SSSR count). The number of carbonyl (C=O) groups excluding carboxylic acids is 1. The summed E-state index contributed by atoms with van der Waals surface area (Å²) in [6.45, 7) is 5.03. The third kappa shape index (κ3) is 4.57. The van der Waals surface area contributed by atoms with E-state index < -0.39 is 0 Å². The van der Waals surface area contributed by atoms with Crippen molar-refractivity contribution in [2.75, 3.05) is 47.1 Å². The molecule has 160 valence electrons. The zero-order valence-electron chi connectivity index (χ0n) is 17.8. The Kier molecular flexibility index (Phi) is 6.50. The van der Waals surface area contributed by atoms with Crippen molar-refractivity contribution >= 4 is 5.91 Å². The maximum Gasteiger partial charge on any atom is 0.257 e. The van der Waals surface area contributed by atoms with Gasteiger partial charge in [0.2, 0.25) is 6.79 Å². The number of hydrogen-bond acceptors (Lipinski definition) is 6. The van der Waals surface area contributed by atoms with Gasteiger partial charge < -0.3 is 24.6 Å². The van der Waals surface area contributed by atoms with Crippen molar-refractivity contribution in [2.24, 2.45) is 0 Å². The van der Waals surface area contributed by atoms with Crippen molar-refractivity contribution < 1.29 is 14.3 Å². The molecule has 30 heavy (non-hydrogen) atoms. The van der Waals surface area contributed by atoms with Crippen molar-refractivity contribution in [2.45, 2.75) is 25.3 Å². The van der Waals surface area contributed by atoms with Gasteiger partial charge in [-0.15, -0.1) is 0 Å². The maximum absolute atomic E-state index is 13.0. The Morgan fingerprint density at radius 2 is 2.10 bits per heavy atom. The highest BCUT2D eigenvalue weighted by Crippen LogP contribution is 2.36. The lowest BCUT2D eigenvalue weighted by atomic mass is 9.92. The summed E-state index contributed by atoms with van der Waals surface area (Å²) in [5.41, 5.74) is 2.77. The molecule has 0 atom stereocenters. The molecule has 1 amide bonds. The van der Waals surface area contributed by atoms with E-state index in [-0.39, 0.29) is 12.7 Å². The molecule has 3 heterocycles. The lowest BCUT2D eigenvalue weighted by Crippen LogP contribution is -2.37. The molecular formula is C23H30N4O3. The summed E-state index contributed by atoms with van der Waals surface area (Å²) >= 11 is 0. The van der Waals surface area contributed by atoms with Crippen molar-refractivity contribution in [3.05, 3.63) is 53.3 Å². The number of likely N-dealkylation sites (tertiary alicyclic amines) is 1. The predicted molar refractivity (Wildman–Crippen MR) is 115 cm³/mol. The van der Waals surface area contributed by atoms with Crippen LogP contribution in [0.15, 0.2) is 36.5 Å². The molecule has 1 N–H and O–H groups in total. The number of para-hydroxylation sites is 1. The first-order valence-corrected chi connectivity index (χ1v) is 10.6. The number of nitrogens with zero attached hydrogens (tertiary/aromatic N) is 3. The van der Waals surface area contributed by atoms with Crippen LogP contribution in [-0.4, -0.2) is 67.8 Å². The van der Waals surface area contributed by atoms with Gasteiger partial charge >= 0.3 is 0 Å². The highest BCUT2D eigenvalue weighted by atomic mass is 16.7. The minimum absolute atomic E-state index is 0.0754. The minimum Gasteiger partial charge on any atom is -0.454 e. The molecule has 1 saturated heterocycles. The molecule has 0 unspecified atom stereocenters. The number of benzene rings is 1. The lowest BCUT2D eigenvalue weighted by Gasteiger charge is -2.31. The van der Waals surface area contributed by atoms with Crippen LogP contribution in [-0.2, 0) is 6.54 Å². The highest BCUT2D eigenvalue weighted by molar-refractivity contribution is 5.97. The fraction of sp³-hybridized carbons (Fsp3) is 0.478. The van der Waals surface area contributed by atoms with Crippen LogP contribution in [0.25, 0.3) is 0 Å². The van der Waals surface area contributed by atoms with Crippen LogP contribution in [0.2, 0.25) is 0 Å². The van der Waals surface area contributed by atoms with E-state index in [1.54, 1.807) is 11.0 Å². The van der Waals surface area contributed by atoms with Gasteiger partial charge in [-0.2, -0.15) is 0 Å². The summed E-state index contributed by atoms with van der Waals surface area (Å²) in [6, 6.07) is 9.57. The second kappa shape index (κ2) is 9.45. The van der Waals surface area contributed by atoms with Crippen LogP contribution >= 0.6 is 0 Å². The normalized spacial score (nSPS) is 16.6. The van der Waals surface area contributed by atoms with Crippen LogP contribution in [0.1, 0.15) is 40.4 Å². The lowest BCUT2D eigenvalue weighted by molar-refractivity contribution is 0.0780. The number of piperidine rings is 1. The van der Waals surface area contributed by atoms with E-state index in [4.69, 9.17) is 9.47 Å². The number of fused-ring (bicyclic) bond motifs is 1. The van der Waals surface area contributed by atoms with Crippen molar-refractivity contribution in [1.29, 1.82) is 0 Å². The minimum atomic E-state index is -0.0754. The molecule has 2 aliphatic heterocycles. The average Bonchev–Trinajstić information content (AvgIpc) is 3.27. The van der Waals surface area contributed by atoms with Crippen molar-refractivity contribution in [3.63, 3.8) is 0 Å². The highest BCUT2D eigenvalue weighted by Gasteiger charge is 2.25. The largest absolute Gasteiger partial charge is 0.454 e. The first-order valence-electron chi connectivity index (χ1n) is 10.6. The summed E-state index contributed by atoms with van der Waals surface area (Å²) in [7, 11) is 3.81. The third-order valence-corrected chi connectivity index (χ3v) is 5.92. The first-order chi connectivity index (χ1) is 14.7. The van der Waals surface area contributed by atoms with E-state index in [1.807, 2.05) is 38.5 Å². The third-order valence-electron chi connectivity index (χ3n) is 5.92. The van der Waals surface area contributed by atoms with Crippen LogP contribution in [0.4, 0.5) is 0 Å². The van der Waals surface area contributed by atoms with Crippen molar-refractivity contribution in [1.82, 2.24) is 20.1 Å². The van der Waals surface area contributed by atoms with Gasteiger partial charge in [-0.3, -0.25) is 9.78 Å². The van der Waals surface area contributed by atoms with Gasteiger partial charge in [0.25, 0.3) is 5.91 Å². The number of hydrogen-bond donors (Lipinski definition) is 1. The summed E-state index contributed by atoms with van der Waals surface area (Å²) in [4.78, 5) is 21.8. The number of likely N-dealkylation sites (N-methyl/N-ethyl adjacent to an activating group) is 1. The first kappa shape index (κ1) is 20.6. The second-order valence-electron chi connectivity index (χ2n) is 8.01. The SMILES string of the molecule is CNCCN1CCC(c2cc(CN(C)C(=O)c3cccc4c3OCO4)ccn2)CC1. The van der Waals surface area contributed by atoms with Crippen LogP contribution in [0.5, 0.6) is 11.5 Å². The number of carbonyl (C=O) groups is 1. The van der Waals surface area contributed by atoms with E-state index in [0.29, 0.717) is 29.5 Å². The molecule has 1 fully saturated rings. The summed E-state index contributed by atoms with van der Waals surface area (Å²) in [5.74, 6) is 1.57. The number of aromatic nitrogens is 1. The topological polar surface area (TPSA) is 66.9 Å². The standard InChI is InChI=1S/C23H30N4O3/c1-24-10-13-27-11-7-18(8-12-27)20-14-17(6-9-25-20)15-26(2)23(28)19-4-3-5-21-22(19)30-16-29-21/h3-6,9,14,18,24H,7-8,10-13,15-16H2,1-2H3. The Hall–Kier alpha value is -2.64. The summed E-state index contributed by atoms with van der Waals surface area (Å²) in [5, 5.41) is 3.22. The van der Waals surface area contributed by atoms with Crippen LogP contribution in [0, 0.1) is 0 Å². The molecule has 0 aliphatic carbocycles. The molecule has 7 heteroatoms. The molecule has 0 bridgehead atoms. The fourth-order valence-corrected chi connectivity index (χ4v) is 4.19.